The number of esters is 3. The molecule has 6 nitrogen and oxygen atoms in total. The van der Waals surface area contributed by atoms with Gasteiger partial charge in [0.25, 0.3) is 0 Å². The molecule has 0 rings (SSSR count). The summed E-state index contributed by atoms with van der Waals surface area (Å²) in [5.41, 5.74) is 0. The van der Waals surface area contributed by atoms with Gasteiger partial charge in [-0.25, -0.2) is 0 Å². The van der Waals surface area contributed by atoms with Crippen LogP contribution in [0.15, 0.2) is 36.5 Å². The van der Waals surface area contributed by atoms with E-state index in [1.54, 1.807) is 0 Å². The molecule has 0 radical (unpaired) electrons. The topological polar surface area (TPSA) is 78.9 Å². The summed E-state index contributed by atoms with van der Waals surface area (Å²) in [4.78, 5) is 38.4. The van der Waals surface area contributed by atoms with Gasteiger partial charge in [-0.1, -0.05) is 372 Å². The monoisotopic (exact) mass is 1150 g/mol. The van der Waals surface area contributed by atoms with Crippen molar-refractivity contribution in [1.82, 2.24) is 0 Å². The van der Waals surface area contributed by atoms with Crippen molar-refractivity contribution >= 4 is 17.9 Å². The number of unbranched alkanes of at least 4 members (excludes halogenated alkanes) is 52. The van der Waals surface area contributed by atoms with E-state index < -0.39 is 6.10 Å². The number of hydrogen-bond donors (Lipinski definition) is 0. The smallest absolute Gasteiger partial charge is 0.306 e. The van der Waals surface area contributed by atoms with E-state index in [1.165, 1.54) is 302 Å². The minimum Gasteiger partial charge on any atom is -0.462 e. The highest BCUT2D eigenvalue weighted by atomic mass is 16.6. The molecule has 0 aliphatic heterocycles. The fraction of sp³-hybridized carbons (Fsp3) is 0.882. The Hall–Kier alpha value is -2.37. The lowest BCUT2D eigenvalue weighted by atomic mass is 10.0. The second-order valence-corrected chi connectivity index (χ2v) is 25.2. The molecule has 0 aliphatic rings. The summed E-state index contributed by atoms with van der Waals surface area (Å²) in [6.45, 7) is 6.71. The van der Waals surface area contributed by atoms with Crippen LogP contribution in [0.3, 0.4) is 0 Å². The molecular weight excluding hydrogens is 1010 g/mol. The van der Waals surface area contributed by atoms with Crippen molar-refractivity contribution in [2.24, 2.45) is 0 Å². The second-order valence-electron chi connectivity index (χ2n) is 25.2. The first-order chi connectivity index (χ1) is 40.5. The summed E-state index contributed by atoms with van der Waals surface area (Å²) in [6, 6.07) is 0. The SMILES string of the molecule is CCCCCCC/C=C\C/C=C\C/C=C\CCCCCCCCCCCCCCCCCCC(=O)OCC(COC(=O)CCCCCCCCCCCCCC)OC(=O)CCCCCCCCCCCCCCCCCCCCCCC. The molecule has 6 heteroatoms. The van der Waals surface area contributed by atoms with E-state index in [1.807, 2.05) is 0 Å². The second kappa shape index (κ2) is 71.1. The van der Waals surface area contributed by atoms with Crippen LogP contribution in [-0.2, 0) is 28.6 Å². The van der Waals surface area contributed by atoms with E-state index in [-0.39, 0.29) is 31.1 Å². The molecule has 0 fully saturated rings. The summed E-state index contributed by atoms with van der Waals surface area (Å²) in [5.74, 6) is -0.832. The molecule has 0 aliphatic carbocycles. The third kappa shape index (κ3) is 68.4. The van der Waals surface area contributed by atoms with Crippen molar-refractivity contribution in [2.45, 2.75) is 419 Å². The molecule has 0 bridgehead atoms. The molecule has 1 unspecified atom stereocenters. The molecule has 0 spiro atoms. The van der Waals surface area contributed by atoms with Gasteiger partial charge in [-0.15, -0.1) is 0 Å². The highest BCUT2D eigenvalue weighted by Gasteiger charge is 2.20. The lowest BCUT2D eigenvalue weighted by molar-refractivity contribution is -0.167. The Morgan fingerprint density at radius 2 is 0.439 bits per heavy atom. The largest absolute Gasteiger partial charge is 0.462 e. The first-order valence-electron chi connectivity index (χ1n) is 37.0. The highest BCUT2D eigenvalue weighted by molar-refractivity contribution is 5.71. The van der Waals surface area contributed by atoms with Gasteiger partial charge in [0, 0.05) is 19.3 Å². The standard InChI is InChI=1S/C76H142O6/c1-4-7-10-13-16-19-22-25-27-29-31-33-34-35-36-37-38-39-40-41-42-44-45-47-49-51-54-57-60-63-66-69-75(78)81-72-73(71-80-74(77)68-65-62-59-56-53-24-21-18-15-12-9-6-3)82-76(79)70-67-64-61-58-55-52-50-48-46-43-32-30-28-26-23-20-17-14-11-8-5-2/h22,25,29,31,34-35,73H,4-21,23-24,26-28,30,32-33,36-72H2,1-3H3/b25-22-,31-29-,35-34-. The zero-order valence-corrected chi connectivity index (χ0v) is 55.5. The van der Waals surface area contributed by atoms with Crippen LogP contribution in [0, 0.1) is 0 Å². The van der Waals surface area contributed by atoms with Gasteiger partial charge < -0.3 is 14.2 Å². The Bertz CT molecular complexity index is 1370. The van der Waals surface area contributed by atoms with E-state index in [2.05, 4.69) is 57.2 Å². The van der Waals surface area contributed by atoms with Crippen LogP contribution in [0.5, 0.6) is 0 Å². The van der Waals surface area contributed by atoms with Crippen LogP contribution in [0.25, 0.3) is 0 Å². The highest BCUT2D eigenvalue weighted by Crippen LogP contribution is 2.19. The average Bonchev–Trinajstić information content (AvgIpc) is 3.47. The van der Waals surface area contributed by atoms with Crippen LogP contribution in [0.4, 0.5) is 0 Å². The molecule has 0 aromatic heterocycles. The maximum Gasteiger partial charge on any atom is 0.306 e. The Labute approximate surface area is 512 Å². The van der Waals surface area contributed by atoms with Gasteiger partial charge in [-0.2, -0.15) is 0 Å². The molecule has 82 heavy (non-hydrogen) atoms. The van der Waals surface area contributed by atoms with Crippen molar-refractivity contribution in [2.75, 3.05) is 13.2 Å². The zero-order chi connectivity index (χ0) is 59.2. The summed E-state index contributed by atoms with van der Waals surface area (Å²) >= 11 is 0. The van der Waals surface area contributed by atoms with E-state index >= 15 is 0 Å². The Morgan fingerprint density at radius 1 is 0.244 bits per heavy atom. The number of carbonyl (C=O) groups excluding carboxylic acids is 3. The van der Waals surface area contributed by atoms with Crippen LogP contribution >= 0.6 is 0 Å². The summed E-state index contributed by atoms with van der Waals surface area (Å²) in [6.07, 6.45) is 89.0. The predicted molar refractivity (Wildman–Crippen MR) is 358 cm³/mol. The fourth-order valence-electron chi connectivity index (χ4n) is 11.3. The number of hydrogen-bond acceptors (Lipinski definition) is 6. The maximum absolute atomic E-state index is 13.0. The summed E-state index contributed by atoms with van der Waals surface area (Å²) in [5, 5.41) is 0. The van der Waals surface area contributed by atoms with E-state index in [4.69, 9.17) is 14.2 Å². The van der Waals surface area contributed by atoms with Crippen LogP contribution < -0.4 is 0 Å². The molecule has 1 atom stereocenters. The number of carbonyl (C=O) groups is 3. The number of allylic oxidation sites excluding steroid dienone is 6. The Balaban J connectivity index is 4.14. The van der Waals surface area contributed by atoms with Crippen molar-refractivity contribution in [3.8, 4) is 0 Å². The van der Waals surface area contributed by atoms with Gasteiger partial charge in [0.2, 0.25) is 0 Å². The molecule has 0 N–H and O–H groups in total. The van der Waals surface area contributed by atoms with Crippen molar-refractivity contribution in [1.29, 1.82) is 0 Å². The Morgan fingerprint density at radius 3 is 0.683 bits per heavy atom. The Kier molecular flexibility index (Phi) is 69.1. The van der Waals surface area contributed by atoms with Gasteiger partial charge in [-0.3, -0.25) is 14.4 Å². The zero-order valence-electron chi connectivity index (χ0n) is 55.5. The number of ether oxygens (including phenoxy) is 3. The lowest BCUT2D eigenvalue weighted by Crippen LogP contribution is -2.30. The van der Waals surface area contributed by atoms with E-state index in [0.717, 1.165) is 70.6 Å². The molecule has 0 aromatic carbocycles. The van der Waals surface area contributed by atoms with Gasteiger partial charge in [0.05, 0.1) is 0 Å². The minimum absolute atomic E-state index is 0.0645. The fourth-order valence-corrected chi connectivity index (χ4v) is 11.3. The van der Waals surface area contributed by atoms with Gasteiger partial charge >= 0.3 is 17.9 Å². The quantitative estimate of drug-likeness (QED) is 0.0261. The van der Waals surface area contributed by atoms with Gasteiger partial charge in [-0.05, 0) is 57.8 Å². The van der Waals surface area contributed by atoms with Crippen LogP contribution in [0.2, 0.25) is 0 Å². The molecule has 0 saturated carbocycles. The van der Waals surface area contributed by atoms with Crippen LogP contribution in [0.1, 0.15) is 412 Å². The van der Waals surface area contributed by atoms with Gasteiger partial charge in [0.15, 0.2) is 6.10 Å². The molecule has 0 heterocycles. The van der Waals surface area contributed by atoms with Crippen molar-refractivity contribution in [3.05, 3.63) is 36.5 Å². The first-order valence-corrected chi connectivity index (χ1v) is 37.0. The molecule has 0 amide bonds. The molecule has 0 saturated heterocycles. The normalized spacial score (nSPS) is 12.2. The summed E-state index contributed by atoms with van der Waals surface area (Å²) in [7, 11) is 0. The van der Waals surface area contributed by atoms with E-state index in [9.17, 15) is 14.4 Å². The number of rotatable bonds is 69. The minimum atomic E-state index is -0.768. The molecular formula is C76H142O6. The first kappa shape index (κ1) is 79.6. The third-order valence-electron chi connectivity index (χ3n) is 16.9. The average molecular weight is 1150 g/mol. The van der Waals surface area contributed by atoms with Crippen molar-refractivity contribution in [3.63, 3.8) is 0 Å². The molecule has 0 aromatic rings. The maximum atomic E-state index is 13.0. The molecule has 482 valence electrons. The van der Waals surface area contributed by atoms with Crippen molar-refractivity contribution < 1.29 is 28.6 Å². The van der Waals surface area contributed by atoms with Gasteiger partial charge in [0.1, 0.15) is 13.2 Å². The van der Waals surface area contributed by atoms with Crippen LogP contribution in [-0.4, -0.2) is 37.2 Å². The lowest BCUT2D eigenvalue weighted by Gasteiger charge is -2.18. The predicted octanol–water partition coefficient (Wildman–Crippen LogP) is 25.5. The third-order valence-corrected chi connectivity index (χ3v) is 16.9. The van der Waals surface area contributed by atoms with E-state index in [0.29, 0.717) is 19.3 Å². The summed E-state index contributed by atoms with van der Waals surface area (Å²) < 4.78 is 17.0.